The van der Waals surface area contributed by atoms with Crippen molar-refractivity contribution in [3.8, 4) is 0 Å². The summed E-state index contributed by atoms with van der Waals surface area (Å²) in [4.78, 5) is 25.3. The van der Waals surface area contributed by atoms with Gasteiger partial charge in [-0.2, -0.15) is 0 Å². The number of carbonyl (C=O) groups is 2. The van der Waals surface area contributed by atoms with Crippen molar-refractivity contribution in [3.05, 3.63) is 0 Å². The Morgan fingerprint density at radius 3 is 0.743 bits per heavy atom. The van der Waals surface area contributed by atoms with E-state index in [2.05, 4.69) is 15.4 Å². The fourth-order valence-corrected chi connectivity index (χ4v) is 0. The molecule has 3 N–H and O–H groups in total. The van der Waals surface area contributed by atoms with Crippen LogP contribution in [0.25, 0.3) is 0 Å². The SMILES string of the molecule is CC(=O)N(C)C.CN(C)C.CN(C)C.CN(C)S(C)(=O)=O.CNC.CNC(C)=O.CNS(C)(=O)=O. The maximum Gasteiger partial charge on any atom is 0.218 e. The summed E-state index contributed by atoms with van der Waals surface area (Å²) in [6.45, 7) is 3.00. The van der Waals surface area contributed by atoms with Gasteiger partial charge in [-0.3, -0.25) is 9.59 Å². The Labute approximate surface area is 217 Å². The second-order valence-electron chi connectivity index (χ2n) is 7.92. The van der Waals surface area contributed by atoms with Gasteiger partial charge in [0, 0.05) is 49.1 Å². The lowest BCUT2D eigenvalue weighted by atomic mass is 10.7. The number of hydrogen-bond acceptors (Lipinski definition) is 9. The highest BCUT2D eigenvalue weighted by molar-refractivity contribution is 7.88. The number of carbonyl (C=O) groups excluding carboxylic acids is 2. The van der Waals surface area contributed by atoms with Crippen molar-refractivity contribution in [1.82, 2.24) is 34.4 Å². The molecular formula is C20H57N7O6S2. The minimum Gasteiger partial charge on any atom is -0.359 e. The lowest BCUT2D eigenvalue weighted by Crippen LogP contribution is -2.19. The molecule has 35 heavy (non-hydrogen) atoms. The molecule has 0 aromatic rings. The molecule has 2 amide bonds. The zero-order chi connectivity index (χ0) is 30.6. The molecule has 0 aliphatic rings. The second-order valence-corrected chi connectivity index (χ2v) is 12.1. The highest BCUT2D eigenvalue weighted by atomic mass is 32.2. The number of sulfonamides is 2. The van der Waals surface area contributed by atoms with Crippen LogP contribution in [0.5, 0.6) is 0 Å². The summed E-state index contributed by atoms with van der Waals surface area (Å²) < 4.78 is 43.5. The predicted octanol–water partition coefficient (Wildman–Crippen LogP) is -1.29. The quantitative estimate of drug-likeness (QED) is 0.378. The first-order valence-corrected chi connectivity index (χ1v) is 14.0. The molecule has 0 radical (unpaired) electrons. The largest absolute Gasteiger partial charge is 0.359 e. The molecule has 0 fully saturated rings. The lowest BCUT2D eigenvalue weighted by Gasteiger charge is -2.02. The smallest absolute Gasteiger partial charge is 0.218 e. The van der Waals surface area contributed by atoms with Crippen LogP contribution in [0.2, 0.25) is 0 Å². The van der Waals surface area contributed by atoms with Crippen molar-refractivity contribution in [3.63, 3.8) is 0 Å². The Bertz CT molecular complexity index is 641. The summed E-state index contributed by atoms with van der Waals surface area (Å²) in [5.74, 6) is 0.0972. The molecule has 15 heteroatoms. The van der Waals surface area contributed by atoms with Gasteiger partial charge in [-0.15, -0.1) is 0 Å². The first-order chi connectivity index (χ1) is 15.3. The first-order valence-electron chi connectivity index (χ1n) is 10.2. The Kier molecular flexibility index (Phi) is 47.1. The molecule has 0 bridgehead atoms. The van der Waals surface area contributed by atoms with Crippen LogP contribution in [-0.4, -0.2) is 159 Å². The van der Waals surface area contributed by atoms with E-state index in [-0.39, 0.29) is 11.8 Å². The van der Waals surface area contributed by atoms with Crippen LogP contribution in [0.4, 0.5) is 0 Å². The molecule has 0 spiro atoms. The number of hydrogen-bond donors (Lipinski definition) is 3. The van der Waals surface area contributed by atoms with Gasteiger partial charge in [-0.05, 0) is 63.4 Å². The van der Waals surface area contributed by atoms with Crippen molar-refractivity contribution < 1.29 is 26.4 Å². The third-order valence-corrected chi connectivity index (χ3v) is 4.08. The van der Waals surface area contributed by atoms with E-state index in [9.17, 15) is 26.4 Å². The van der Waals surface area contributed by atoms with E-state index in [4.69, 9.17) is 0 Å². The van der Waals surface area contributed by atoms with Gasteiger partial charge in [0.1, 0.15) is 0 Å². The number of rotatable bonds is 2. The molecule has 0 aromatic carbocycles. The van der Waals surface area contributed by atoms with Crippen LogP contribution in [0, 0.1) is 0 Å². The van der Waals surface area contributed by atoms with Crippen LogP contribution < -0.4 is 15.4 Å². The fraction of sp³-hybridized carbons (Fsp3) is 0.900. The second kappa shape index (κ2) is 32.6. The average Bonchev–Trinajstić information content (AvgIpc) is 2.61. The fourth-order valence-electron chi connectivity index (χ4n) is 0. The number of amides is 2. The van der Waals surface area contributed by atoms with Gasteiger partial charge in [-0.1, -0.05) is 0 Å². The standard InChI is InChI=1S/C4H9NO.C3H9NO2S.C3H7NO.2C3H9N.C2H7NO2S.C2H7N/c1-4(6)5(2)3;1-4(2)7(3,5)6;1-3(5)4-2;2*1-4(2)3;1-3-6(2,4)5;1-3-2/h1-3H3;1-3H3;1-2H3,(H,4,5);2*1-3H3;3H,1-2H3;3H,1-2H3. The maximum absolute atomic E-state index is 10.3. The third-order valence-electron chi connectivity index (χ3n) is 2.02. The van der Waals surface area contributed by atoms with E-state index in [1.807, 2.05) is 66.2 Å². The average molecular weight is 556 g/mol. The summed E-state index contributed by atoms with van der Waals surface area (Å²) in [6.07, 6.45) is 2.26. The van der Waals surface area contributed by atoms with Crippen LogP contribution in [0.1, 0.15) is 13.8 Å². The molecule has 0 aliphatic heterocycles. The Balaban J connectivity index is -0.0000000531. The normalized spacial score (nSPS) is 9.40. The van der Waals surface area contributed by atoms with Gasteiger partial charge in [0.2, 0.25) is 31.9 Å². The highest BCUT2D eigenvalue weighted by Crippen LogP contribution is 1.83. The van der Waals surface area contributed by atoms with Crippen LogP contribution in [-0.2, 0) is 29.6 Å². The Hall–Kier alpha value is -1.36. The molecule has 0 rings (SSSR count). The summed E-state index contributed by atoms with van der Waals surface area (Å²) >= 11 is 0. The molecule has 13 nitrogen and oxygen atoms in total. The van der Waals surface area contributed by atoms with Crippen molar-refractivity contribution in [2.45, 2.75) is 13.8 Å². The van der Waals surface area contributed by atoms with E-state index < -0.39 is 20.0 Å². The molecule has 0 saturated carbocycles. The lowest BCUT2D eigenvalue weighted by molar-refractivity contribution is -0.126. The van der Waals surface area contributed by atoms with Crippen LogP contribution in [0.3, 0.4) is 0 Å². The molecular weight excluding hydrogens is 498 g/mol. The van der Waals surface area contributed by atoms with Gasteiger partial charge in [-0.25, -0.2) is 25.9 Å². The predicted molar refractivity (Wildman–Crippen MR) is 151 cm³/mol. The Morgan fingerprint density at radius 2 is 0.743 bits per heavy atom. The molecule has 0 aliphatic carbocycles. The van der Waals surface area contributed by atoms with E-state index in [0.29, 0.717) is 0 Å². The number of nitrogens with zero attached hydrogens (tertiary/aromatic N) is 4. The molecule has 0 heterocycles. The Morgan fingerprint density at radius 1 is 0.629 bits per heavy atom. The van der Waals surface area contributed by atoms with E-state index >= 15 is 0 Å². The molecule has 0 saturated heterocycles. The zero-order valence-electron chi connectivity index (χ0n) is 25.6. The van der Waals surface area contributed by atoms with Gasteiger partial charge < -0.3 is 25.3 Å². The van der Waals surface area contributed by atoms with Crippen molar-refractivity contribution in [1.29, 1.82) is 0 Å². The topological polar surface area (TPSA) is 151 Å². The maximum atomic E-state index is 10.3. The van der Waals surface area contributed by atoms with Gasteiger partial charge in [0.15, 0.2) is 0 Å². The third kappa shape index (κ3) is 165. The number of nitrogens with one attached hydrogen (secondary N) is 3. The highest BCUT2D eigenvalue weighted by Gasteiger charge is 2.01. The summed E-state index contributed by atoms with van der Waals surface area (Å²) in [7, 11) is 19.3. The minimum absolute atomic E-state index is 0.00463. The van der Waals surface area contributed by atoms with Crippen molar-refractivity contribution >= 4 is 31.9 Å². The molecule has 220 valence electrons. The molecule has 0 unspecified atom stereocenters. The van der Waals surface area contributed by atoms with E-state index in [0.717, 1.165) is 16.8 Å². The molecule has 0 aromatic heterocycles. The van der Waals surface area contributed by atoms with Gasteiger partial charge in [0.05, 0.1) is 12.5 Å². The van der Waals surface area contributed by atoms with Gasteiger partial charge >= 0.3 is 0 Å². The van der Waals surface area contributed by atoms with E-state index in [1.54, 1.807) is 21.1 Å². The molecule has 0 atom stereocenters. The monoisotopic (exact) mass is 555 g/mol. The van der Waals surface area contributed by atoms with Gasteiger partial charge in [0.25, 0.3) is 0 Å². The zero-order valence-corrected chi connectivity index (χ0v) is 27.2. The van der Waals surface area contributed by atoms with Crippen molar-refractivity contribution in [2.75, 3.05) is 111 Å². The van der Waals surface area contributed by atoms with Crippen LogP contribution in [0.15, 0.2) is 0 Å². The minimum atomic E-state index is -2.91. The summed E-state index contributed by atoms with van der Waals surface area (Å²) in [6, 6.07) is 0. The summed E-state index contributed by atoms with van der Waals surface area (Å²) in [5.41, 5.74) is 0. The first kappa shape index (κ1) is 50.5. The van der Waals surface area contributed by atoms with Crippen molar-refractivity contribution in [2.24, 2.45) is 0 Å². The van der Waals surface area contributed by atoms with E-state index in [1.165, 1.54) is 39.9 Å². The summed E-state index contributed by atoms with van der Waals surface area (Å²) in [5, 5.41) is 5.14. The van der Waals surface area contributed by atoms with Crippen LogP contribution >= 0.6 is 0 Å².